The highest BCUT2D eigenvalue weighted by molar-refractivity contribution is 5.55. The van der Waals surface area contributed by atoms with Gasteiger partial charge < -0.3 is 10.4 Å². The Bertz CT molecular complexity index is 640. The molecule has 0 saturated carbocycles. The summed E-state index contributed by atoms with van der Waals surface area (Å²) >= 11 is 0. The number of rotatable bonds is 4. The van der Waals surface area contributed by atoms with Crippen LogP contribution in [0.2, 0.25) is 0 Å². The van der Waals surface area contributed by atoms with E-state index < -0.39 is 0 Å². The van der Waals surface area contributed by atoms with Crippen LogP contribution >= 0.6 is 0 Å². The van der Waals surface area contributed by atoms with E-state index in [9.17, 15) is 5.11 Å². The van der Waals surface area contributed by atoms with Crippen molar-refractivity contribution in [2.75, 3.05) is 12.4 Å². The SMILES string of the molecule is CNc1ccc(Cc2cccc(O)c2)cc1C(C)C(C)(C)C. The molecule has 1 unspecified atom stereocenters. The molecule has 0 amide bonds. The fourth-order valence-corrected chi connectivity index (χ4v) is 2.68. The molecule has 2 aromatic rings. The number of anilines is 1. The number of benzene rings is 2. The third-order valence-electron chi connectivity index (χ3n) is 4.47. The van der Waals surface area contributed by atoms with Crippen LogP contribution in [0.15, 0.2) is 42.5 Å². The fourth-order valence-electron chi connectivity index (χ4n) is 2.68. The second kappa shape index (κ2) is 6.43. The van der Waals surface area contributed by atoms with Gasteiger partial charge in [-0.05, 0) is 52.6 Å². The van der Waals surface area contributed by atoms with E-state index in [1.54, 1.807) is 6.07 Å². The predicted molar refractivity (Wildman–Crippen MR) is 94.8 cm³/mol. The van der Waals surface area contributed by atoms with E-state index in [2.05, 4.69) is 57.3 Å². The van der Waals surface area contributed by atoms with Crippen molar-refractivity contribution in [3.8, 4) is 5.75 Å². The molecule has 1 atom stereocenters. The van der Waals surface area contributed by atoms with Crippen molar-refractivity contribution in [1.82, 2.24) is 0 Å². The first-order valence-electron chi connectivity index (χ1n) is 7.89. The number of hydrogen-bond donors (Lipinski definition) is 2. The van der Waals surface area contributed by atoms with Crippen LogP contribution in [0.1, 0.15) is 50.3 Å². The topological polar surface area (TPSA) is 32.3 Å². The van der Waals surface area contributed by atoms with Crippen molar-refractivity contribution in [3.63, 3.8) is 0 Å². The average molecular weight is 297 g/mol. The van der Waals surface area contributed by atoms with Gasteiger partial charge in [0.2, 0.25) is 0 Å². The number of aromatic hydroxyl groups is 1. The Morgan fingerprint density at radius 2 is 1.73 bits per heavy atom. The van der Waals surface area contributed by atoms with Crippen LogP contribution in [-0.4, -0.2) is 12.2 Å². The van der Waals surface area contributed by atoms with Gasteiger partial charge in [0.25, 0.3) is 0 Å². The molecule has 22 heavy (non-hydrogen) atoms. The Morgan fingerprint density at radius 1 is 1.05 bits per heavy atom. The fraction of sp³-hybridized carbons (Fsp3) is 0.400. The first-order chi connectivity index (χ1) is 10.3. The molecule has 2 nitrogen and oxygen atoms in total. The Labute approximate surface area is 134 Å². The number of hydrogen-bond acceptors (Lipinski definition) is 2. The van der Waals surface area contributed by atoms with Crippen LogP contribution in [0, 0.1) is 5.41 Å². The summed E-state index contributed by atoms with van der Waals surface area (Å²) in [7, 11) is 1.98. The largest absolute Gasteiger partial charge is 0.508 e. The Hall–Kier alpha value is -1.96. The lowest BCUT2D eigenvalue weighted by Gasteiger charge is -2.29. The van der Waals surface area contributed by atoms with Crippen molar-refractivity contribution < 1.29 is 5.11 Å². The molecule has 2 heteroatoms. The summed E-state index contributed by atoms with van der Waals surface area (Å²) in [5, 5.41) is 12.9. The first kappa shape index (κ1) is 16.4. The molecule has 0 aliphatic rings. The second-order valence-electron chi connectivity index (χ2n) is 7.11. The maximum atomic E-state index is 9.61. The van der Waals surface area contributed by atoms with Crippen LogP contribution in [0.25, 0.3) is 0 Å². The summed E-state index contributed by atoms with van der Waals surface area (Å²) in [6.45, 7) is 9.12. The summed E-state index contributed by atoms with van der Waals surface area (Å²) < 4.78 is 0. The normalized spacial score (nSPS) is 13.0. The monoisotopic (exact) mass is 297 g/mol. The minimum absolute atomic E-state index is 0.217. The van der Waals surface area contributed by atoms with Crippen LogP contribution in [-0.2, 0) is 6.42 Å². The maximum absolute atomic E-state index is 9.61. The zero-order valence-corrected chi connectivity index (χ0v) is 14.3. The molecule has 118 valence electrons. The number of phenolic OH excluding ortho intramolecular Hbond substituents is 1. The Kier molecular flexibility index (Phi) is 4.80. The maximum Gasteiger partial charge on any atom is 0.115 e. The summed E-state index contributed by atoms with van der Waals surface area (Å²) in [6.07, 6.45) is 0.836. The molecular formula is C20H27NO. The Morgan fingerprint density at radius 3 is 2.32 bits per heavy atom. The number of phenols is 1. The zero-order valence-electron chi connectivity index (χ0n) is 14.3. The van der Waals surface area contributed by atoms with Crippen molar-refractivity contribution in [1.29, 1.82) is 0 Å². The minimum atomic E-state index is 0.217. The molecule has 2 rings (SSSR count). The van der Waals surface area contributed by atoms with Crippen LogP contribution in [0.5, 0.6) is 5.75 Å². The Balaban J connectivity index is 2.35. The standard InChI is InChI=1S/C20H27NO/c1-14(20(2,3)4)18-13-16(9-10-19(18)21-5)11-15-7-6-8-17(22)12-15/h6-10,12-14,21-22H,11H2,1-5H3. The lowest BCUT2D eigenvalue weighted by Crippen LogP contribution is -2.17. The highest BCUT2D eigenvalue weighted by Crippen LogP contribution is 2.38. The second-order valence-corrected chi connectivity index (χ2v) is 7.11. The summed E-state index contributed by atoms with van der Waals surface area (Å²) in [4.78, 5) is 0. The molecule has 0 aliphatic heterocycles. The van der Waals surface area contributed by atoms with Gasteiger partial charge in [0.05, 0.1) is 0 Å². The summed E-state index contributed by atoms with van der Waals surface area (Å²) in [5.74, 6) is 0.784. The summed E-state index contributed by atoms with van der Waals surface area (Å²) in [6, 6.07) is 14.1. The van der Waals surface area contributed by atoms with Gasteiger partial charge in [-0.15, -0.1) is 0 Å². The van der Waals surface area contributed by atoms with Crippen LogP contribution in [0.3, 0.4) is 0 Å². The quantitative estimate of drug-likeness (QED) is 0.815. The molecule has 0 fully saturated rings. The van der Waals surface area contributed by atoms with Gasteiger partial charge in [-0.1, -0.05) is 52.0 Å². The first-order valence-corrected chi connectivity index (χ1v) is 7.89. The number of nitrogens with one attached hydrogen (secondary N) is 1. The van der Waals surface area contributed by atoms with E-state index in [0.29, 0.717) is 11.7 Å². The van der Waals surface area contributed by atoms with Gasteiger partial charge in [0.1, 0.15) is 5.75 Å². The van der Waals surface area contributed by atoms with Crippen molar-refractivity contribution in [2.45, 2.75) is 40.0 Å². The summed E-state index contributed by atoms with van der Waals surface area (Å²) in [5.41, 5.74) is 5.17. The van der Waals surface area contributed by atoms with Crippen molar-refractivity contribution in [3.05, 3.63) is 59.2 Å². The van der Waals surface area contributed by atoms with E-state index in [0.717, 1.165) is 12.0 Å². The zero-order chi connectivity index (χ0) is 16.3. The van der Waals surface area contributed by atoms with Crippen molar-refractivity contribution in [2.24, 2.45) is 5.41 Å². The van der Waals surface area contributed by atoms with E-state index >= 15 is 0 Å². The van der Waals surface area contributed by atoms with Gasteiger partial charge >= 0.3 is 0 Å². The molecule has 2 aromatic carbocycles. The van der Waals surface area contributed by atoms with E-state index in [1.807, 2.05) is 19.2 Å². The third kappa shape index (κ3) is 3.82. The van der Waals surface area contributed by atoms with Crippen LogP contribution < -0.4 is 5.32 Å². The molecule has 0 bridgehead atoms. The van der Waals surface area contributed by atoms with Gasteiger partial charge in [-0.2, -0.15) is 0 Å². The highest BCUT2D eigenvalue weighted by atomic mass is 16.3. The lowest BCUT2D eigenvalue weighted by molar-refractivity contribution is 0.340. The van der Waals surface area contributed by atoms with Gasteiger partial charge in [0, 0.05) is 12.7 Å². The average Bonchev–Trinajstić information content (AvgIpc) is 2.45. The van der Waals surface area contributed by atoms with Gasteiger partial charge in [0.15, 0.2) is 0 Å². The molecule has 0 saturated heterocycles. The molecule has 0 radical (unpaired) electrons. The van der Waals surface area contributed by atoms with E-state index in [1.165, 1.54) is 16.8 Å². The van der Waals surface area contributed by atoms with Crippen molar-refractivity contribution >= 4 is 5.69 Å². The van der Waals surface area contributed by atoms with Gasteiger partial charge in [-0.3, -0.25) is 0 Å². The smallest absolute Gasteiger partial charge is 0.115 e. The third-order valence-corrected chi connectivity index (χ3v) is 4.47. The van der Waals surface area contributed by atoms with Crippen LogP contribution in [0.4, 0.5) is 5.69 Å². The predicted octanol–water partition coefficient (Wildman–Crippen LogP) is 5.17. The molecule has 0 aromatic heterocycles. The molecule has 0 aliphatic carbocycles. The van der Waals surface area contributed by atoms with E-state index in [4.69, 9.17) is 0 Å². The molecular weight excluding hydrogens is 270 g/mol. The van der Waals surface area contributed by atoms with E-state index in [-0.39, 0.29) is 5.41 Å². The molecule has 2 N–H and O–H groups in total. The molecule has 0 spiro atoms. The minimum Gasteiger partial charge on any atom is -0.508 e. The molecule has 0 heterocycles. The van der Waals surface area contributed by atoms with Gasteiger partial charge in [-0.25, -0.2) is 0 Å². The lowest BCUT2D eigenvalue weighted by atomic mass is 9.76. The highest BCUT2D eigenvalue weighted by Gasteiger charge is 2.24.